The van der Waals surface area contributed by atoms with E-state index in [1.54, 1.807) is 0 Å². The molecule has 14 heavy (non-hydrogen) atoms. The van der Waals surface area contributed by atoms with Gasteiger partial charge in [0.05, 0.1) is 10.6 Å². The van der Waals surface area contributed by atoms with E-state index in [9.17, 15) is 0 Å². The van der Waals surface area contributed by atoms with Gasteiger partial charge in [0.2, 0.25) is 0 Å². The van der Waals surface area contributed by atoms with Gasteiger partial charge in [-0.15, -0.1) is 0 Å². The quantitative estimate of drug-likeness (QED) is 0.651. The Balaban J connectivity index is 3.06. The van der Waals surface area contributed by atoms with Crippen molar-refractivity contribution in [2.24, 2.45) is 5.73 Å². The van der Waals surface area contributed by atoms with Crippen LogP contribution in [0, 0.1) is 18.8 Å². The van der Waals surface area contributed by atoms with Gasteiger partial charge in [0.15, 0.2) is 0 Å². The van der Waals surface area contributed by atoms with Crippen LogP contribution in [0.2, 0.25) is 5.02 Å². The predicted octanol–water partition coefficient (Wildman–Crippen LogP) is 2.74. The Morgan fingerprint density at radius 1 is 1.36 bits per heavy atom. The fourth-order valence-electron chi connectivity index (χ4n) is 0.963. The van der Waals surface area contributed by atoms with Crippen molar-refractivity contribution in [3.05, 3.63) is 34.3 Å². The molecule has 2 heteroatoms. The highest BCUT2D eigenvalue weighted by Gasteiger charge is 2.04. The summed E-state index contributed by atoms with van der Waals surface area (Å²) in [5.41, 5.74) is 7.26. The second-order valence-electron chi connectivity index (χ2n) is 3.95. The molecule has 0 amide bonds. The zero-order chi connectivity index (χ0) is 10.8. The second kappa shape index (κ2) is 4.04. The van der Waals surface area contributed by atoms with Crippen molar-refractivity contribution >= 4 is 11.6 Å². The molecule has 2 N–H and O–H groups in total. The number of hydrogen-bond acceptors (Lipinski definition) is 1. The van der Waals surface area contributed by atoms with Crippen molar-refractivity contribution in [1.82, 2.24) is 0 Å². The third-order valence-electron chi connectivity index (χ3n) is 1.64. The zero-order valence-corrected chi connectivity index (χ0v) is 9.44. The van der Waals surface area contributed by atoms with Crippen molar-refractivity contribution in [1.29, 1.82) is 0 Å². The highest BCUT2D eigenvalue weighted by molar-refractivity contribution is 6.31. The molecule has 0 aliphatic rings. The van der Waals surface area contributed by atoms with Crippen LogP contribution >= 0.6 is 11.6 Å². The van der Waals surface area contributed by atoms with E-state index < -0.39 is 5.54 Å². The maximum absolute atomic E-state index is 5.98. The van der Waals surface area contributed by atoms with Gasteiger partial charge < -0.3 is 5.73 Å². The van der Waals surface area contributed by atoms with Gasteiger partial charge in [0.1, 0.15) is 0 Å². The van der Waals surface area contributed by atoms with E-state index >= 15 is 0 Å². The zero-order valence-electron chi connectivity index (χ0n) is 8.69. The monoisotopic (exact) mass is 207 g/mol. The summed E-state index contributed by atoms with van der Waals surface area (Å²) < 4.78 is 0. The number of rotatable bonds is 0. The van der Waals surface area contributed by atoms with Gasteiger partial charge in [-0.3, -0.25) is 0 Å². The van der Waals surface area contributed by atoms with E-state index in [-0.39, 0.29) is 0 Å². The molecule has 1 rings (SSSR count). The van der Waals surface area contributed by atoms with Crippen LogP contribution in [0.3, 0.4) is 0 Å². The van der Waals surface area contributed by atoms with E-state index in [0.29, 0.717) is 5.02 Å². The third kappa shape index (κ3) is 3.41. The van der Waals surface area contributed by atoms with Crippen LogP contribution in [-0.4, -0.2) is 5.54 Å². The molecule has 0 aromatic heterocycles. The second-order valence-corrected chi connectivity index (χ2v) is 4.36. The predicted molar refractivity (Wildman–Crippen MR) is 61.3 cm³/mol. The summed E-state index contributed by atoms with van der Waals surface area (Å²) in [5.74, 6) is 5.94. The lowest BCUT2D eigenvalue weighted by Crippen LogP contribution is -2.29. The summed E-state index contributed by atoms with van der Waals surface area (Å²) >= 11 is 5.98. The van der Waals surface area contributed by atoms with E-state index in [4.69, 9.17) is 17.3 Å². The lowest BCUT2D eigenvalue weighted by Gasteiger charge is -2.07. The molecule has 0 fully saturated rings. The van der Waals surface area contributed by atoms with Crippen LogP contribution < -0.4 is 5.73 Å². The average Bonchev–Trinajstić information content (AvgIpc) is 2.05. The minimum Gasteiger partial charge on any atom is -0.316 e. The van der Waals surface area contributed by atoms with Crippen molar-refractivity contribution in [3.8, 4) is 11.8 Å². The average molecular weight is 208 g/mol. The van der Waals surface area contributed by atoms with E-state index in [2.05, 4.69) is 11.8 Å². The highest BCUT2D eigenvalue weighted by atomic mass is 35.5. The third-order valence-corrected chi connectivity index (χ3v) is 1.97. The molecule has 0 saturated heterocycles. The van der Waals surface area contributed by atoms with Gasteiger partial charge in [-0.25, -0.2) is 0 Å². The van der Waals surface area contributed by atoms with Crippen LogP contribution in [0.4, 0.5) is 0 Å². The molecule has 0 unspecified atom stereocenters. The summed E-state index contributed by atoms with van der Waals surface area (Å²) in [7, 11) is 0. The Bertz CT molecular complexity index is 391. The maximum atomic E-state index is 5.98. The standard InChI is InChI=1S/C12H14ClN/c1-9-4-5-11(13)10(8-9)6-7-12(2,3)14/h4-5,8H,14H2,1-3H3. The SMILES string of the molecule is Cc1ccc(Cl)c(C#CC(C)(C)N)c1. The van der Waals surface area contributed by atoms with Gasteiger partial charge in [-0.2, -0.15) is 0 Å². The minimum absolute atomic E-state index is 0.479. The summed E-state index contributed by atoms with van der Waals surface area (Å²) in [6.07, 6.45) is 0. The Hall–Kier alpha value is -0.970. The van der Waals surface area contributed by atoms with Gasteiger partial charge in [-0.1, -0.05) is 29.5 Å². The number of nitrogens with two attached hydrogens (primary N) is 1. The molecule has 0 atom stereocenters. The fraction of sp³-hybridized carbons (Fsp3) is 0.333. The van der Waals surface area contributed by atoms with E-state index in [1.807, 2.05) is 39.0 Å². The summed E-state index contributed by atoms with van der Waals surface area (Å²) in [6, 6.07) is 5.77. The molecule has 74 valence electrons. The van der Waals surface area contributed by atoms with Crippen LogP contribution in [0.1, 0.15) is 25.0 Å². The van der Waals surface area contributed by atoms with Crippen LogP contribution in [-0.2, 0) is 0 Å². The highest BCUT2D eigenvalue weighted by Crippen LogP contribution is 2.16. The molecule has 1 nitrogen and oxygen atoms in total. The molecule has 0 aliphatic carbocycles. The topological polar surface area (TPSA) is 26.0 Å². The summed E-state index contributed by atoms with van der Waals surface area (Å²) in [4.78, 5) is 0. The Morgan fingerprint density at radius 2 is 2.00 bits per heavy atom. The van der Waals surface area contributed by atoms with E-state index in [1.165, 1.54) is 0 Å². The smallest absolute Gasteiger partial charge is 0.0722 e. The number of aryl methyl sites for hydroxylation is 1. The minimum atomic E-state index is -0.479. The summed E-state index contributed by atoms with van der Waals surface area (Å²) in [6.45, 7) is 5.74. The molecule has 0 spiro atoms. The first-order valence-corrected chi connectivity index (χ1v) is 4.84. The van der Waals surface area contributed by atoms with Crippen molar-refractivity contribution < 1.29 is 0 Å². The van der Waals surface area contributed by atoms with Crippen molar-refractivity contribution in [3.63, 3.8) is 0 Å². The summed E-state index contributed by atoms with van der Waals surface area (Å²) in [5, 5.41) is 0.673. The number of halogens is 1. The van der Waals surface area contributed by atoms with Crippen molar-refractivity contribution in [2.75, 3.05) is 0 Å². The first-order valence-electron chi connectivity index (χ1n) is 4.47. The lowest BCUT2D eigenvalue weighted by molar-refractivity contribution is 0.680. The Morgan fingerprint density at radius 3 is 2.57 bits per heavy atom. The van der Waals surface area contributed by atoms with Crippen LogP contribution in [0.15, 0.2) is 18.2 Å². The number of benzene rings is 1. The fourth-order valence-corrected chi connectivity index (χ4v) is 1.13. The first-order chi connectivity index (χ1) is 6.38. The van der Waals surface area contributed by atoms with Gasteiger partial charge in [0, 0.05) is 5.56 Å². The van der Waals surface area contributed by atoms with Gasteiger partial charge >= 0.3 is 0 Å². The largest absolute Gasteiger partial charge is 0.316 e. The molecular weight excluding hydrogens is 194 g/mol. The normalized spacial score (nSPS) is 10.6. The van der Waals surface area contributed by atoms with Gasteiger partial charge in [0.25, 0.3) is 0 Å². The molecule has 0 aliphatic heterocycles. The first kappa shape index (κ1) is 11.1. The van der Waals surface area contributed by atoms with Gasteiger partial charge in [-0.05, 0) is 38.5 Å². The van der Waals surface area contributed by atoms with Crippen LogP contribution in [0.5, 0.6) is 0 Å². The van der Waals surface area contributed by atoms with Crippen molar-refractivity contribution in [2.45, 2.75) is 26.3 Å². The molecule has 1 aromatic carbocycles. The van der Waals surface area contributed by atoms with Crippen LogP contribution in [0.25, 0.3) is 0 Å². The maximum Gasteiger partial charge on any atom is 0.0722 e. The Labute approximate surface area is 90.3 Å². The molecule has 0 radical (unpaired) electrons. The van der Waals surface area contributed by atoms with E-state index in [0.717, 1.165) is 11.1 Å². The molecule has 1 aromatic rings. The number of hydrogen-bond donors (Lipinski definition) is 1. The molecule has 0 bridgehead atoms. The lowest BCUT2D eigenvalue weighted by atomic mass is 10.1. The molecule has 0 saturated carbocycles. The molecular formula is C12H14ClN. The molecule has 0 heterocycles. The Kier molecular flexibility index (Phi) is 3.21.